The van der Waals surface area contributed by atoms with E-state index >= 15 is 0 Å². The first-order chi connectivity index (χ1) is 8.84. The molecule has 0 fully saturated rings. The molecule has 2 nitrogen and oxygen atoms in total. The fraction of sp³-hybridized carbons (Fsp3) is 0.188. The molecule has 2 heteroatoms. The Hall–Kier alpha value is -2.09. The molecule has 0 bridgehead atoms. The van der Waals surface area contributed by atoms with Crippen LogP contribution in [-0.2, 0) is 6.42 Å². The van der Waals surface area contributed by atoms with E-state index in [9.17, 15) is 0 Å². The Kier molecular flexibility index (Phi) is 2.85. The Morgan fingerprint density at radius 3 is 2.89 bits per heavy atom. The van der Waals surface area contributed by atoms with Crippen LogP contribution in [0, 0.1) is 6.92 Å². The van der Waals surface area contributed by atoms with Crippen LogP contribution in [0.4, 0.5) is 5.69 Å². The lowest BCUT2D eigenvalue weighted by atomic mass is 9.95. The largest absolute Gasteiger partial charge is 0.361 e. The molecular weight excluding hydrogens is 220 g/mol. The molecule has 1 aromatic carbocycles. The number of allylic oxidation sites excluding steroid dienone is 2. The van der Waals surface area contributed by atoms with Crippen molar-refractivity contribution >= 4 is 17.5 Å². The van der Waals surface area contributed by atoms with E-state index in [-0.39, 0.29) is 0 Å². The maximum absolute atomic E-state index is 4.52. The molecule has 1 N–H and O–H groups in total. The number of nitrogens with one attached hydrogen (secondary N) is 1. The van der Waals surface area contributed by atoms with Crippen LogP contribution in [0.5, 0.6) is 0 Å². The third kappa shape index (κ3) is 2.02. The topological polar surface area (TPSA) is 28.1 Å². The number of H-pyrrole nitrogens is 1. The van der Waals surface area contributed by atoms with Gasteiger partial charge in [-0.3, -0.25) is 4.99 Å². The Bertz CT molecular complexity index is 603. The van der Waals surface area contributed by atoms with Crippen molar-refractivity contribution < 1.29 is 0 Å². The van der Waals surface area contributed by atoms with Gasteiger partial charge in [-0.15, -0.1) is 0 Å². The lowest BCUT2D eigenvalue weighted by Crippen LogP contribution is -1.99. The fourth-order valence-corrected chi connectivity index (χ4v) is 2.38. The zero-order valence-corrected chi connectivity index (χ0v) is 10.5. The second-order valence-electron chi connectivity index (χ2n) is 4.62. The summed E-state index contributed by atoms with van der Waals surface area (Å²) in [7, 11) is 0. The minimum Gasteiger partial charge on any atom is -0.361 e. The summed E-state index contributed by atoms with van der Waals surface area (Å²) >= 11 is 0. The lowest BCUT2D eigenvalue weighted by Gasteiger charge is -2.11. The predicted molar refractivity (Wildman–Crippen MR) is 76.4 cm³/mol. The second-order valence-corrected chi connectivity index (χ2v) is 4.62. The van der Waals surface area contributed by atoms with E-state index in [2.05, 4.69) is 29.2 Å². The highest BCUT2D eigenvalue weighted by Gasteiger charge is 2.14. The summed E-state index contributed by atoms with van der Waals surface area (Å²) in [6, 6.07) is 10.0. The van der Waals surface area contributed by atoms with Crippen molar-refractivity contribution in [2.75, 3.05) is 0 Å². The molecule has 0 saturated carbocycles. The number of aromatic nitrogens is 1. The van der Waals surface area contributed by atoms with Crippen molar-refractivity contribution in [3.05, 3.63) is 59.4 Å². The fourth-order valence-electron chi connectivity index (χ4n) is 2.38. The predicted octanol–water partition coefficient (Wildman–Crippen LogP) is 4.06. The SMILES string of the molecule is Cc1c[nH]c2c1CCC=C2C=Nc1ccccc1. The lowest BCUT2D eigenvalue weighted by molar-refractivity contribution is 0.971. The van der Waals surface area contributed by atoms with E-state index in [1.54, 1.807) is 0 Å². The first-order valence-corrected chi connectivity index (χ1v) is 6.31. The molecule has 1 aromatic heterocycles. The van der Waals surface area contributed by atoms with Crippen molar-refractivity contribution in [1.29, 1.82) is 0 Å². The van der Waals surface area contributed by atoms with Gasteiger partial charge in [0.05, 0.1) is 11.4 Å². The number of rotatable bonds is 2. The second kappa shape index (κ2) is 4.65. The molecule has 18 heavy (non-hydrogen) atoms. The Balaban J connectivity index is 1.90. The quantitative estimate of drug-likeness (QED) is 0.762. The number of nitrogens with zero attached hydrogens (tertiary/aromatic N) is 1. The van der Waals surface area contributed by atoms with Crippen LogP contribution >= 0.6 is 0 Å². The van der Waals surface area contributed by atoms with Crippen molar-refractivity contribution in [2.24, 2.45) is 4.99 Å². The zero-order chi connectivity index (χ0) is 12.4. The van der Waals surface area contributed by atoms with Gasteiger partial charge in [-0.2, -0.15) is 0 Å². The standard InChI is InChI=1S/C16H16N2/c1-12-10-18-16-13(6-5-9-15(12)16)11-17-14-7-3-2-4-8-14/h2-4,6-8,10-11,18H,5,9H2,1H3. The van der Waals surface area contributed by atoms with Crippen LogP contribution in [0.1, 0.15) is 23.2 Å². The van der Waals surface area contributed by atoms with Crippen LogP contribution in [0.25, 0.3) is 5.57 Å². The molecule has 0 saturated heterocycles. The summed E-state index contributed by atoms with van der Waals surface area (Å²) in [6.07, 6.45) is 8.53. The van der Waals surface area contributed by atoms with Crippen molar-refractivity contribution in [1.82, 2.24) is 4.98 Å². The highest BCUT2D eigenvalue weighted by Crippen LogP contribution is 2.27. The monoisotopic (exact) mass is 236 g/mol. The van der Waals surface area contributed by atoms with Gasteiger partial charge >= 0.3 is 0 Å². The maximum atomic E-state index is 4.52. The number of aliphatic imine (C=N–C) groups is 1. The van der Waals surface area contributed by atoms with Gasteiger partial charge in [-0.25, -0.2) is 0 Å². The molecule has 0 atom stereocenters. The molecule has 2 aromatic rings. The third-order valence-corrected chi connectivity index (χ3v) is 3.37. The van der Waals surface area contributed by atoms with Crippen LogP contribution in [0.2, 0.25) is 0 Å². The van der Waals surface area contributed by atoms with E-state index < -0.39 is 0 Å². The van der Waals surface area contributed by atoms with Crippen LogP contribution in [-0.4, -0.2) is 11.2 Å². The summed E-state index contributed by atoms with van der Waals surface area (Å²) in [5.41, 5.74) is 6.22. The third-order valence-electron chi connectivity index (χ3n) is 3.37. The Morgan fingerprint density at radius 1 is 1.22 bits per heavy atom. The van der Waals surface area contributed by atoms with E-state index in [1.807, 2.05) is 36.5 Å². The minimum atomic E-state index is 0.994. The number of benzene rings is 1. The molecule has 1 aliphatic carbocycles. The van der Waals surface area contributed by atoms with Crippen LogP contribution < -0.4 is 0 Å². The van der Waals surface area contributed by atoms with Gasteiger partial charge in [0.25, 0.3) is 0 Å². The molecule has 1 aliphatic rings. The van der Waals surface area contributed by atoms with Gasteiger partial charge < -0.3 is 4.98 Å². The molecule has 0 amide bonds. The Morgan fingerprint density at radius 2 is 2.06 bits per heavy atom. The highest BCUT2D eigenvalue weighted by molar-refractivity contribution is 6.10. The average Bonchev–Trinajstić information content (AvgIpc) is 2.80. The Labute approximate surface area is 107 Å². The number of aromatic amines is 1. The van der Waals surface area contributed by atoms with E-state index in [1.165, 1.54) is 22.4 Å². The maximum Gasteiger partial charge on any atom is 0.0629 e. The molecule has 0 spiro atoms. The summed E-state index contributed by atoms with van der Waals surface area (Å²) in [5.74, 6) is 0. The molecule has 0 unspecified atom stereocenters. The normalized spacial score (nSPS) is 14.6. The minimum absolute atomic E-state index is 0.994. The van der Waals surface area contributed by atoms with Crippen molar-refractivity contribution in [3.8, 4) is 0 Å². The molecule has 1 heterocycles. The first-order valence-electron chi connectivity index (χ1n) is 6.31. The summed E-state index contributed by atoms with van der Waals surface area (Å²) in [4.78, 5) is 7.88. The van der Waals surface area contributed by atoms with Crippen LogP contribution in [0.15, 0.2) is 47.6 Å². The van der Waals surface area contributed by atoms with Gasteiger partial charge in [-0.1, -0.05) is 24.3 Å². The van der Waals surface area contributed by atoms with Gasteiger partial charge in [0, 0.05) is 18.0 Å². The molecule has 0 radical (unpaired) electrons. The first kappa shape index (κ1) is 11.0. The summed E-state index contributed by atoms with van der Waals surface area (Å²) in [5, 5.41) is 0. The number of fused-ring (bicyclic) bond motifs is 1. The highest BCUT2D eigenvalue weighted by atomic mass is 14.7. The smallest absolute Gasteiger partial charge is 0.0629 e. The van der Waals surface area contributed by atoms with E-state index in [4.69, 9.17) is 0 Å². The number of hydrogen-bond donors (Lipinski definition) is 1. The number of aryl methyl sites for hydroxylation is 1. The van der Waals surface area contributed by atoms with Gasteiger partial charge in [0.2, 0.25) is 0 Å². The van der Waals surface area contributed by atoms with Gasteiger partial charge in [0.15, 0.2) is 0 Å². The number of hydrogen-bond acceptors (Lipinski definition) is 1. The van der Waals surface area contributed by atoms with Crippen molar-refractivity contribution in [2.45, 2.75) is 19.8 Å². The van der Waals surface area contributed by atoms with Gasteiger partial charge in [-0.05, 0) is 43.0 Å². The molecule has 90 valence electrons. The molecule has 3 rings (SSSR count). The molecular formula is C16H16N2. The molecule has 0 aliphatic heterocycles. The van der Waals surface area contributed by atoms with Crippen molar-refractivity contribution in [3.63, 3.8) is 0 Å². The van der Waals surface area contributed by atoms with E-state index in [0.717, 1.165) is 18.5 Å². The van der Waals surface area contributed by atoms with Gasteiger partial charge in [0.1, 0.15) is 0 Å². The summed E-state index contributed by atoms with van der Waals surface area (Å²) < 4.78 is 0. The average molecular weight is 236 g/mol. The number of para-hydroxylation sites is 1. The summed E-state index contributed by atoms with van der Waals surface area (Å²) in [6.45, 7) is 2.16. The zero-order valence-electron chi connectivity index (χ0n) is 10.5. The van der Waals surface area contributed by atoms with E-state index in [0.29, 0.717) is 0 Å². The van der Waals surface area contributed by atoms with Crippen LogP contribution in [0.3, 0.4) is 0 Å².